The minimum atomic E-state index is -0.974. The summed E-state index contributed by atoms with van der Waals surface area (Å²) in [6.07, 6.45) is 4.64. The summed E-state index contributed by atoms with van der Waals surface area (Å²) in [5.74, 6) is 0.412. The van der Waals surface area contributed by atoms with Crippen molar-refractivity contribution < 1.29 is 24.2 Å². The van der Waals surface area contributed by atoms with E-state index in [4.69, 9.17) is 26.2 Å². The van der Waals surface area contributed by atoms with E-state index in [0.717, 1.165) is 69.8 Å². The van der Waals surface area contributed by atoms with Gasteiger partial charge in [0.25, 0.3) is 0 Å². The number of carboxylic acids is 1. The van der Waals surface area contributed by atoms with Gasteiger partial charge < -0.3 is 24.4 Å². The van der Waals surface area contributed by atoms with Crippen LogP contribution in [0, 0.1) is 5.92 Å². The van der Waals surface area contributed by atoms with Crippen LogP contribution in [0.4, 0.5) is 4.79 Å². The van der Waals surface area contributed by atoms with Gasteiger partial charge in [-0.3, -0.25) is 4.90 Å². The van der Waals surface area contributed by atoms with Crippen molar-refractivity contribution in [2.24, 2.45) is 5.92 Å². The van der Waals surface area contributed by atoms with E-state index in [1.54, 1.807) is 12.1 Å². The van der Waals surface area contributed by atoms with Gasteiger partial charge in [-0.1, -0.05) is 29.8 Å². The lowest BCUT2D eigenvalue weighted by atomic mass is 9.99. The lowest BCUT2D eigenvalue weighted by molar-refractivity contribution is 0.0696. The van der Waals surface area contributed by atoms with Crippen LogP contribution >= 0.6 is 11.6 Å². The maximum Gasteiger partial charge on any atom is 0.335 e. The fourth-order valence-electron chi connectivity index (χ4n) is 6.22. The fourth-order valence-corrected chi connectivity index (χ4v) is 6.42. The van der Waals surface area contributed by atoms with Crippen molar-refractivity contribution in [1.82, 2.24) is 19.7 Å². The molecule has 3 aliphatic rings. The molecule has 0 aliphatic carbocycles. The van der Waals surface area contributed by atoms with E-state index in [0.29, 0.717) is 29.1 Å². The number of halogens is 1. The van der Waals surface area contributed by atoms with Gasteiger partial charge in [0.15, 0.2) is 0 Å². The number of hydrogen-bond donors (Lipinski definition) is 1. The molecule has 0 bridgehead atoms. The van der Waals surface area contributed by atoms with Gasteiger partial charge in [-0.2, -0.15) is 0 Å². The summed E-state index contributed by atoms with van der Waals surface area (Å²) in [4.78, 5) is 35.8. The molecule has 3 saturated heterocycles. The number of pyridine rings is 1. The number of carboxylic acid groups (broad SMARTS) is 1. The Morgan fingerprint density at radius 1 is 1.07 bits per heavy atom. The topological polar surface area (TPSA) is 95.4 Å². The van der Waals surface area contributed by atoms with Crippen LogP contribution in [-0.2, 0) is 11.3 Å². The number of urea groups is 1. The van der Waals surface area contributed by atoms with Gasteiger partial charge in [0.05, 0.1) is 18.2 Å². The number of carbonyl (C=O) groups excluding carboxylic acids is 1. The summed E-state index contributed by atoms with van der Waals surface area (Å²) in [7, 11) is 0. The molecule has 1 aromatic heterocycles. The predicted molar refractivity (Wildman–Crippen MR) is 158 cm³/mol. The van der Waals surface area contributed by atoms with E-state index in [1.165, 1.54) is 12.1 Å². The maximum absolute atomic E-state index is 13.8. The average molecular weight is 591 g/mol. The van der Waals surface area contributed by atoms with Gasteiger partial charge in [0.2, 0.25) is 5.88 Å². The number of benzene rings is 2. The number of ether oxygens (including phenoxy) is 2. The molecule has 0 radical (unpaired) electrons. The van der Waals surface area contributed by atoms with Crippen molar-refractivity contribution in [2.45, 2.75) is 37.9 Å². The Balaban J connectivity index is 1.06. The molecule has 3 aromatic rings. The summed E-state index contributed by atoms with van der Waals surface area (Å²) in [6, 6.07) is 18.3. The highest BCUT2D eigenvalue weighted by atomic mass is 35.5. The number of aromatic nitrogens is 1. The summed E-state index contributed by atoms with van der Waals surface area (Å²) in [5, 5.41) is 9.75. The molecule has 10 heteroatoms. The van der Waals surface area contributed by atoms with Gasteiger partial charge in [0, 0.05) is 68.6 Å². The summed E-state index contributed by atoms with van der Waals surface area (Å²) < 4.78 is 11.3. The smallest absolute Gasteiger partial charge is 0.335 e. The monoisotopic (exact) mass is 590 g/mol. The molecule has 220 valence electrons. The molecule has 0 saturated carbocycles. The number of carbonyl (C=O) groups is 2. The minimum Gasteiger partial charge on any atom is -0.478 e. The number of piperidine rings is 1. The molecule has 2 unspecified atom stereocenters. The third-order valence-electron chi connectivity index (χ3n) is 8.43. The van der Waals surface area contributed by atoms with Gasteiger partial charge in [-0.05, 0) is 66.8 Å². The van der Waals surface area contributed by atoms with Crippen LogP contribution in [0.1, 0.15) is 46.8 Å². The number of amides is 2. The first-order valence-electron chi connectivity index (χ1n) is 14.5. The first-order valence-corrected chi connectivity index (χ1v) is 14.9. The van der Waals surface area contributed by atoms with Crippen molar-refractivity contribution in [3.63, 3.8) is 0 Å². The van der Waals surface area contributed by atoms with Crippen molar-refractivity contribution in [2.75, 3.05) is 39.4 Å². The third-order valence-corrected chi connectivity index (χ3v) is 8.67. The van der Waals surface area contributed by atoms with E-state index in [2.05, 4.69) is 20.9 Å². The van der Waals surface area contributed by atoms with E-state index < -0.39 is 5.97 Å². The Kier molecular flexibility index (Phi) is 8.60. The number of aromatic carboxylic acids is 1. The summed E-state index contributed by atoms with van der Waals surface area (Å²) >= 11 is 6.36. The molecule has 9 nitrogen and oxygen atoms in total. The van der Waals surface area contributed by atoms with Crippen LogP contribution in [-0.4, -0.2) is 82.2 Å². The van der Waals surface area contributed by atoms with Crippen LogP contribution in [0.5, 0.6) is 11.6 Å². The second kappa shape index (κ2) is 12.7. The molecule has 2 aromatic carbocycles. The highest BCUT2D eigenvalue weighted by Gasteiger charge is 2.43. The Bertz CT molecular complexity index is 1390. The van der Waals surface area contributed by atoms with Crippen molar-refractivity contribution in [3.8, 4) is 11.6 Å². The van der Waals surface area contributed by atoms with Crippen molar-refractivity contribution >= 4 is 23.6 Å². The maximum atomic E-state index is 13.8. The third kappa shape index (κ3) is 6.53. The van der Waals surface area contributed by atoms with Crippen molar-refractivity contribution in [1.29, 1.82) is 0 Å². The zero-order chi connectivity index (χ0) is 29.1. The zero-order valence-corrected chi connectivity index (χ0v) is 24.2. The van der Waals surface area contributed by atoms with E-state index in [1.807, 2.05) is 41.4 Å². The summed E-state index contributed by atoms with van der Waals surface area (Å²) in [6.45, 7) is 5.48. The van der Waals surface area contributed by atoms with Crippen LogP contribution < -0.4 is 4.74 Å². The molecule has 2 atom stereocenters. The molecule has 4 heterocycles. The van der Waals surface area contributed by atoms with Gasteiger partial charge in [0.1, 0.15) is 5.75 Å². The standard InChI is InChI=1S/C32H35ClN4O5/c33-26-3-1-2-25(16-26)29-20-36(19-23-12-15-41-21-23)32(40)37(29)27-10-13-35(14-11-27)18-22-4-9-30(34-17-22)42-28-7-5-24(6-8-28)31(38)39/h1-9,16-17,23,27,29H,10-15,18-21H2,(H,38,39). The van der Waals surface area contributed by atoms with Gasteiger partial charge in [-0.25, -0.2) is 14.6 Å². The van der Waals surface area contributed by atoms with Crippen molar-refractivity contribution in [3.05, 3.63) is 88.6 Å². The minimum absolute atomic E-state index is 0.00727. The van der Waals surface area contributed by atoms with E-state index in [9.17, 15) is 9.59 Å². The highest BCUT2D eigenvalue weighted by molar-refractivity contribution is 6.30. The highest BCUT2D eigenvalue weighted by Crippen LogP contribution is 2.36. The average Bonchev–Trinajstić information content (AvgIpc) is 3.63. The van der Waals surface area contributed by atoms with Gasteiger partial charge in [-0.15, -0.1) is 0 Å². The number of nitrogens with zero attached hydrogens (tertiary/aromatic N) is 4. The van der Waals surface area contributed by atoms with Crippen LogP contribution in [0.2, 0.25) is 5.02 Å². The van der Waals surface area contributed by atoms with E-state index in [-0.39, 0.29) is 23.7 Å². The Morgan fingerprint density at radius 3 is 2.55 bits per heavy atom. The number of rotatable bonds is 9. The Labute approximate surface area is 250 Å². The molecule has 3 aliphatic heterocycles. The zero-order valence-electron chi connectivity index (χ0n) is 23.4. The quantitative estimate of drug-likeness (QED) is 0.341. The normalized spacial score (nSPS) is 21.7. The molecule has 2 amide bonds. The molecule has 1 N–H and O–H groups in total. The van der Waals surface area contributed by atoms with Crippen LogP contribution in [0.3, 0.4) is 0 Å². The molecule has 0 spiro atoms. The Morgan fingerprint density at radius 2 is 1.88 bits per heavy atom. The summed E-state index contributed by atoms with van der Waals surface area (Å²) in [5.41, 5.74) is 2.38. The van der Waals surface area contributed by atoms with E-state index >= 15 is 0 Å². The molecular formula is C32H35ClN4O5. The lowest BCUT2D eigenvalue weighted by Crippen LogP contribution is -2.47. The molecular weight excluding hydrogens is 556 g/mol. The molecule has 42 heavy (non-hydrogen) atoms. The molecule has 6 rings (SSSR count). The predicted octanol–water partition coefficient (Wildman–Crippen LogP) is 5.71. The Hall–Kier alpha value is -3.66. The first kappa shape index (κ1) is 28.5. The second-order valence-electron chi connectivity index (χ2n) is 11.3. The second-order valence-corrected chi connectivity index (χ2v) is 11.8. The van der Waals surface area contributed by atoms with Gasteiger partial charge >= 0.3 is 12.0 Å². The first-order chi connectivity index (χ1) is 20.4. The van der Waals surface area contributed by atoms with Crippen LogP contribution in [0.15, 0.2) is 66.9 Å². The molecule has 3 fully saturated rings. The lowest BCUT2D eigenvalue weighted by Gasteiger charge is -2.39. The number of hydrogen-bond acceptors (Lipinski definition) is 6. The number of likely N-dealkylation sites (tertiary alicyclic amines) is 1. The largest absolute Gasteiger partial charge is 0.478 e. The fraction of sp³-hybridized carbons (Fsp3) is 0.406. The van der Waals surface area contributed by atoms with Crippen LogP contribution in [0.25, 0.3) is 0 Å². The SMILES string of the molecule is O=C(O)c1ccc(Oc2ccc(CN3CCC(N4C(=O)N(CC5CCOC5)CC4c4cccc(Cl)c4)CC3)cn2)cc1.